The van der Waals surface area contributed by atoms with Gasteiger partial charge in [0.25, 0.3) is 0 Å². The third-order valence-corrected chi connectivity index (χ3v) is 6.23. The lowest BCUT2D eigenvalue weighted by Gasteiger charge is -2.29. The van der Waals surface area contributed by atoms with E-state index in [1.54, 1.807) is 14.0 Å². The van der Waals surface area contributed by atoms with E-state index in [0.29, 0.717) is 11.8 Å². The van der Waals surface area contributed by atoms with Crippen molar-refractivity contribution in [1.82, 2.24) is 14.8 Å². The highest BCUT2D eigenvalue weighted by Crippen LogP contribution is 2.45. The van der Waals surface area contributed by atoms with E-state index < -0.39 is 0 Å². The SMILES string of the molecule is COc1ccc([C@H]2[C@@H]3CN(CCc4cccc(C)n4)C[C@@H]3CN2C(C)=O)cc1. The predicted molar refractivity (Wildman–Crippen MR) is 109 cm³/mol. The fourth-order valence-electron chi connectivity index (χ4n) is 4.88. The maximum absolute atomic E-state index is 12.3. The van der Waals surface area contributed by atoms with Crippen molar-refractivity contribution in [2.45, 2.75) is 26.3 Å². The van der Waals surface area contributed by atoms with Crippen LogP contribution in [0.4, 0.5) is 0 Å². The van der Waals surface area contributed by atoms with Crippen molar-refractivity contribution in [3.63, 3.8) is 0 Å². The Morgan fingerprint density at radius 3 is 2.61 bits per heavy atom. The van der Waals surface area contributed by atoms with Crippen LogP contribution in [0.2, 0.25) is 0 Å². The van der Waals surface area contributed by atoms with Crippen molar-refractivity contribution in [3.8, 4) is 5.75 Å². The molecule has 0 radical (unpaired) electrons. The van der Waals surface area contributed by atoms with Crippen LogP contribution < -0.4 is 4.74 Å². The van der Waals surface area contributed by atoms with E-state index in [0.717, 1.165) is 49.7 Å². The van der Waals surface area contributed by atoms with Crippen LogP contribution in [-0.2, 0) is 11.2 Å². The number of methoxy groups -OCH3 is 1. The molecule has 3 heterocycles. The summed E-state index contributed by atoms with van der Waals surface area (Å²) in [5, 5.41) is 0. The van der Waals surface area contributed by atoms with Gasteiger partial charge in [-0.25, -0.2) is 0 Å². The van der Waals surface area contributed by atoms with Crippen LogP contribution in [0.5, 0.6) is 5.75 Å². The highest BCUT2D eigenvalue weighted by atomic mass is 16.5. The topological polar surface area (TPSA) is 45.7 Å². The first kappa shape index (κ1) is 18.9. The summed E-state index contributed by atoms with van der Waals surface area (Å²) >= 11 is 0. The van der Waals surface area contributed by atoms with E-state index in [2.05, 4.69) is 39.0 Å². The summed E-state index contributed by atoms with van der Waals surface area (Å²) in [6.07, 6.45) is 0.977. The number of carbonyl (C=O) groups excluding carboxylic acids is 1. The summed E-state index contributed by atoms with van der Waals surface area (Å²) < 4.78 is 5.30. The number of amides is 1. The molecule has 3 atom stereocenters. The Hall–Kier alpha value is -2.40. The number of likely N-dealkylation sites (tertiary alicyclic amines) is 2. The van der Waals surface area contributed by atoms with Gasteiger partial charge in [0, 0.05) is 56.8 Å². The Labute approximate surface area is 167 Å². The van der Waals surface area contributed by atoms with E-state index >= 15 is 0 Å². The lowest BCUT2D eigenvalue weighted by Crippen LogP contribution is -2.34. The van der Waals surface area contributed by atoms with Crippen LogP contribution in [0.3, 0.4) is 0 Å². The van der Waals surface area contributed by atoms with E-state index in [-0.39, 0.29) is 11.9 Å². The van der Waals surface area contributed by atoms with Gasteiger partial charge in [-0.05, 0) is 42.7 Å². The first-order valence-electron chi connectivity index (χ1n) is 10.1. The van der Waals surface area contributed by atoms with Crippen molar-refractivity contribution >= 4 is 5.91 Å². The molecule has 0 spiro atoms. The fourth-order valence-corrected chi connectivity index (χ4v) is 4.88. The average Bonchev–Trinajstić information content (AvgIpc) is 3.24. The van der Waals surface area contributed by atoms with E-state index in [9.17, 15) is 4.79 Å². The van der Waals surface area contributed by atoms with Crippen LogP contribution in [0.15, 0.2) is 42.5 Å². The molecule has 0 saturated carbocycles. The second kappa shape index (κ2) is 7.92. The lowest BCUT2D eigenvalue weighted by atomic mass is 9.89. The largest absolute Gasteiger partial charge is 0.497 e. The molecule has 1 aromatic carbocycles. The molecule has 0 bridgehead atoms. The second-order valence-electron chi connectivity index (χ2n) is 8.09. The molecule has 4 rings (SSSR count). The number of aromatic nitrogens is 1. The molecular formula is C23H29N3O2. The summed E-state index contributed by atoms with van der Waals surface area (Å²) in [5.41, 5.74) is 3.45. The Morgan fingerprint density at radius 2 is 1.93 bits per heavy atom. The second-order valence-corrected chi connectivity index (χ2v) is 8.09. The van der Waals surface area contributed by atoms with E-state index in [1.807, 2.05) is 25.1 Å². The van der Waals surface area contributed by atoms with Crippen molar-refractivity contribution in [2.24, 2.45) is 11.8 Å². The summed E-state index contributed by atoms with van der Waals surface area (Å²) in [5.74, 6) is 2.06. The third kappa shape index (κ3) is 3.76. The molecule has 28 heavy (non-hydrogen) atoms. The monoisotopic (exact) mass is 379 g/mol. The highest BCUT2D eigenvalue weighted by molar-refractivity contribution is 5.74. The Morgan fingerprint density at radius 1 is 1.14 bits per heavy atom. The van der Waals surface area contributed by atoms with Crippen LogP contribution >= 0.6 is 0 Å². The first-order valence-corrected chi connectivity index (χ1v) is 10.1. The zero-order chi connectivity index (χ0) is 19.7. The molecular weight excluding hydrogens is 350 g/mol. The number of ether oxygens (including phenoxy) is 1. The summed E-state index contributed by atoms with van der Waals surface area (Å²) in [6.45, 7) is 7.72. The van der Waals surface area contributed by atoms with E-state index in [1.165, 1.54) is 5.56 Å². The van der Waals surface area contributed by atoms with Gasteiger partial charge in [0.15, 0.2) is 0 Å². The standard InChI is InChI=1S/C23H29N3O2/c1-16-5-4-6-20(24-16)11-12-25-13-19-14-26(17(2)27)23(22(19)15-25)18-7-9-21(28-3)10-8-18/h4-10,19,22-23H,11-15H2,1-3H3/t19-,22-,23+/m1/s1. The zero-order valence-electron chi connectivity index (χ0n) is 17.0. The van der Waals surface area contributed by atoms with Crippen molar-refractivity contribution in [1.29, 1.82) is 0 Å². The molecule has 1 amide bonds. The molecule has 2 fully saturated rings. The van der Waals surface area contributed by atoms with Gasteiger partial charge < -0.3 is 14.5 Å². The molecule has 1 aromatic heterocycles. The summed E-state index contributed by atoms with van der Waals surface area (Å²) in [4.78, 5) is 21.5. The minimum Gasteiger partial charge on any atom is -0.497 e. The van der Waals surface area contributed by atoms with Gasteiger partial charge in [0.2, 0.25) is 5.91 Å². The summed E-state index contributed by atoms with van der Waals surface area (Å²) in [6, 6.07) is 14.6. The Kier molecular flexibility index (Phi) is 5.36. The summed E-state index contributed by atoms with van der Waals surface area (Å²) in [7, 11) is 1.68. The van der Waals surface area contributed by atoms with Gasteiger partial charge in [0.05, 0.1) is 13.2 Å². The van der Waals surface area contributed by atoms with Gasteiger partial charge >= 0.3 is 0 Å². The molecule has 0 unspecified atom stereocenters. The number of aryl methyl sites for hydroxylation is 1. The van der Waals surface area contributed by atoms with Gasteiger partial charge in [-0.2, -0.15) is 0 Å². The highest BCUT2D eigenvalue weighted by Gasteiger charge is 2.48. The average molecular weight is 380 g/mol. The van der Waals surface area contributed by atoms with Crippen LogP contribution in [0, 0.1) is 18.8 Å². The number of hydrogen-bond donors (Lipinski definition) is 0. The van der Waals surface area contributed by atoms with Crippen LogP contribution in [-0.4, -0.2) is 54.0 Å². The first-order chi connectivity index (χ1) is 13.5. The van der Waals surface area contributed by atoms with Gasteiger partial charge in [-0.3, -0.25) is 9.78 Å². The molecule has 148 valence electrons. The molecule has 2 saturated heterocycles. The number of carbonyl (C=O) groups is 1. The van der Waals surface area contributed by atoms with Crippen molar-refractivity contribution < 1.29 is 9.53 Å². The molecule has 5 heteroatoms. The van der Waals surface area contributed by atoms with Crippen LogP contribution in [0.1, 0.15) is 29.9 Å². The molecule has 0 aliphatic carbocycles. The van der Waals surface area contributed by atoms with Crippen molar-refractivity contribution in [3.05, 3.63) is 59.4 Å². The third-order valence-electron chi connectivity index (χ3n) is 6.23. The maximum Gasteiger partial charge on any atom is 0.219 e. The van der Waals surface area contributed by atoms with E-state index in [4.69, 9.17) is 4.74 Å². The van der Waals surface area contributed by atoms with Crippen LogP contribution in [0.25, 0.3) is 0 Å². The van der Waals surface area contributed by atoms with Crippen molar-refractivity contribution in [2.75, 3.05) is 33.3 Å². The smallest absolute Gasteiger partial charge is 0.219 e. The zero-order valence-corrected chi connectivity index (χ0v) is 17.0. The minimum atomic E-state index is 0.163. The maximum atomic E-state index is 12.3. The number of nitrogens with zero attached hydrogens (tertiary/aromatic N) is 3. The predicted octanol–water partition coefficient (Wildman–Crippen LogP) is 3.09. The minimum absolute atomic E-state index is 0.163. The van der Waals surface area contributed by atoms with Gasteiger partial charge in [0.1, 0.15) is 5.75 Å². The number of rotatable bonds is 5. The molecule has 2 aromatic rings. The number of pyridine rings is 1. The Bertz CT molecular complexity index is 836. The Balaban J connectivity index is 1.46. The lowest BCUT2D eigenvalue weighted by molar-refractivity contribution is -0.130. The van der Waals surface area contributed by atoms with Gasteiger partial charge in [-0.1, -0.05) is 18.2 Å². The normalized spacial score (nSPS) is 24.4. The molecule has 2 aliphatic heterocycles. The number of benzene rings is 1. The molecule has 0 N–H and O–H groups in total. The molecule has 5 nitrogen and oxygen atoms in total. The van der Waals surface area contributed by atoms with Gasteiger partial charge in [-0.15, -0.1) is 0 Å². The fraction of sp³-hybridized carbons (Fsp3) is 0.478. The number of fused-ring (bicyclic) bond motifs is 1. The number of hydrogen-bond acceptors (Lipinski definition) is 4. The molecule has 2 aliphatic rings. The quantitative estimate of drug-likeness (QED) is 0.801.